The van der Waals surface area contributed by atoms with Crippen LogP contribution in [-0.2, 0) is 0 Å². The van der Waals surface area contributed by atoms with Crippen molar-refractivity contribution in [3.8, 4) is 0 Å². The maximum absolute atomic E-state index is 10.9. The van der Waals surface area contributed by atoms with Crippen LogP contribution in [0.2, 0.25) is 0 Å². The van der Waals surface area contributed by atoms with E-state index in [-0.39, 0.29) is 0 Å². The zero-order valence-corrected chi connectivity index (χ0v) is 8.60. The van der Waals surface area contributed by atoms with Crippen LogP contribution in [0, 0.1) is 6.07 Å². The van der Waals surface area contributed by atoms with Crippen LogP contribution in [0.25, 0.3) is 21.5 Å². The second kappa shape index (κ2) is 3.46. The van der Waals surface area contributed by atoms with E-state index in [0.29, 0.717) is 5.56 Å². The van der Waals surface area contributed by atoms with Crippen LogP contribution in [0.4, 0.5) is 0 Å². The van der Waals surface area contributed by atoms with E-state index in [4.69, 9.17) is 0 Å². The van der Waals surface area contributed by atoms with Gasteiger partial charge >= 0.3 is 0 Å². The molecule has 0 N–H and O–H groups in total. The molecular formula is C15H9O. The van der Waals surface area contributed by atoms with Gasteiger partial charge < -0.3 is 0 Å². The third kappa shape index (κ3) is 1.29. The van der Waals surface area contributed by atoms with Crippen molar-refractivity contribution in [3.63, 3.8) is 0 Å². The molecule has 3 aromatic rings. The zero-order chi connectivity index (χ0) is 11.0. The Morgan fingerprint density at radius 1 is 0.938 bits per heavy atom. The largest absolute Gasteiger partial charge is 0.298 e. The molecule has 0 heterocycles. The highest BCUT2D eigenvalue weighted by Crippen LogP contribution is 2.23. The Labute approximate surface area is 93.3 Å². The van der Waals surface area contributed by atoms with Crippen molar-refractivity contribution in [2.24, 2.45) is 0 Å². The highest BCUT2D eigenvalue weighted by atomic mass is 16.1. The number of rotatable bonds is 1. The van der Waals surface area contributed by atoms with E-state index in [1.165, 1.54) is 0 Å². The summed E-state index contributed by atoms with van der Waals surface area (Å²) in [5.41, 5.74) is 0.697. The number of carbonyl (C=O) groups excluding carboxylic acids is 1. The van der Waals surface area contributed by atoms with Crippen molar-refractivity contribution < 1.29 is 4.79 Å². The Hall–Kier alpha value is -2.15. The van der Waals surface area contributed by atoms with Crippen LogP contribution in [0.5, 0.6) is 0 Å². The van der Waals surface area contributed by atoms with Gasteiger partial charge in [0.25, 0.3) is 0 Å². The molecule has 0 unspecified atom stereocenters. The van der Waals surface area contributed by atoms with Crippen LogP contribution < -0.4 is 0 Å². The lowest BCUT2D eigenvalue weighted by atomic mass is 10.0. The summed E-state index contributed by atoms with van der Waals surface area (Å²) in [6, 6.07) is 19.2. The summed E-state index contributed by atoms with van der Waals surface area (Å²) < 4.78 is 0. The highest BCUT2D eigenvalue weighted by molar-refractivity contribution is 6.04. The van der Waals surface area contributed by atoms with Crippen molar-refractivity contribution >= 4 is 27.8 Å². The standard InChI is InChI=1S/C15H9O/c16-10-14-7-3-6-13-8-11-4-1-2-5-12(11)9-15(13)14/h1-8,10H. The fraction of sp³-hybridized carbons (Fsp3) is 0. The molecular weight excluding hydrogens is 196 g/mol. The summed E-state index contributed by atoms with van der Waals surface area (Å²) in [5.74, 6) is 0. The molecule has 0 atom stereocenters. The molecule has 0 fully saturated rings. The quantitative estimate of drug-likeness (QED) is 0.438. The van der Waals surface area contributed by atoms with Gasteiger partial charge in [0.15, 0.2) is 6.29 Å². The Morgan fingerprint density at radius 2 is 1.75 bits per heavy atom. The molecule has 16 heavy (non-hydrogen) atoms. The number of hydrogen-bond donors (Lipinski definition) is 0. The van der Waals surface area contributed by atoms with Crippen LogP contribution in [-0.4, -0.2) is 6.29 Å². The summed E-state index contributed by atoms with van der Waals surface area (Å²) in [7, 11) is 0. The summed E-state index contributed by atoms with van der Waals surface area (Å²) in [6.07, 6.45) is 0.883. The smallest absolute Gasteiger partial charge is 0.150 e. The Bertz CT molecular complexity index is 683. The number of hydrogen-bond acceptors (Lipinski definition) is 1. The van der Waals surface area contributed by atoms with Crippen molar-refractivity contribution in [1.82, 2.24) is 0 Å². The van der Waals surface area contributed by atoms with Crippen molar-refractivity contribution in [2.45, 2.75) is 0 Å². The summed E-state index contributed by atoms with van der Waals surface area (Å²) in [4.78, 5) is 10.9. The third-order valence-corrected chi connectivity index (χ3v) is 2.79. The molecule has 0 amide bonds. The second-order valence-corrected chi connectivity index (χ2v) is 3.79. The lowest BCUT2D eigenvalue weighted by Crippen LogP contribution is -1.84. The summed E-state index contributed by atoms with van der Waals surface area (Å²) in [6.45, 7) is 0. The molecule has 0 aliphatic carbocycles. The van der Waals surface area contributed by atoms with Gasteiger partial charge in [-0.2, -0.15) is 0 Å². The Morgan fingerprint density at radius 3 is 2.62 bits per heavy atom. The van der Waals surface area contributed by atoms with Gasteiger partial charge in [-0.1, -0.05) is 42.5 Å². The van der Waals surface area contributed by atoms with E-state index in [0.717, 1.165) is 27.8 Å². The van der Waals surface area contributed by atoms with Crippen LogP contribution in [0.1, 0.15) is 10.4 Å². The summed E-state index contributed by atoms with van der Waals surface area (Å²) >= 11 is 0. The minimum Gasteiger partial charge on any atom is -0.298 e. The van der Waals surface area contributed by atoms with Gasteiger partial charge in [-0.05, 0) is 28.3 Å². The predicted octanol–water partition coefficient (Wildman–Crippen LogP) is 3.61. The number of aldehydes is 1. The first-order valence-electron chi connectivity index (χ1n) is 5.17. The minimum atomic E-state index is 0.697. The van der Waals surface area contributed by atoms with Gasteiger partial charge in [0, 0.05) is 10.9 Å². The molecule has 0 spiro atoms. The van der Waals surface area contributed by atoms with E-state index >= 15 is 0 Å². The molecule has 0 saturated carbocycles. The number of carbonyl (C=O) groups is 1. The van der Waals surface area contributed by atoms with Crippen molar-refractivity contribution in [2.75, 3.05) is 0 Å². The average molecular weight is 205 g/mol. The average Bonchev–Trinajstić information content (AvgIpc) is 2.35. The zero-order valence-electron chi connectivity index (χ0n) is 8.60. The SMILES string of the molecule is O=Cc1cccc2cc3ccccc3[c]c12. The molecule has 0 bridgehead atoms. The molecule has 1 heteroatoms. The molecule has 3 aromatic carbocycles. The van der Waals surface area contributed by atoms with Gasteiger partial charge in [-0.3, -0.25) is 4.79 Å². The van der Waals surface area contributed by atoms with Gasteiger partial charge in [-0.15, -0.1) is 0 Å². The Balaban J connectivity index is 2.51. The third-order valence-electron chi connectivity index (χ3n) is 2.79. The molecule has 75 valence electrons. The first-order valence-corrected chi connectivity index (χ1v) is 5.17. The van der Waals surface area contributed by atoms with E-state index in [2.05, 4.69) is 18.2 Å². The van der Waals surface area contributed by atoms with Gasteiger partial charge in [-0.25, -0.2) is 0 Å². The number of fused-ring (bicyclic) bond motifs is 2. The van der Waals surface area contributed by atoms with Gasteiger partial charge in [0.2, 0.25) is 0 Å². The van der Waals surface area contributed by atoms with E-state index in [1.807, 2.05) is 36.4 Å². The maximum Gasteiger partial charge on any atom is 0.150 e. The fourth-order valence-electron chi connectivity index (χ4n) is 1.99. The first kappa shape index (κ1) is 9.10. The summed E-state index contributed by atoms with van der Waals surface area (Å²) in [5, 5.41) is 4.15. The molecule has 0 aliphatic heterocycles. The van der Waals surface area contributed by atoms with E-state index < -0.39 is 0 Å². The molecule has 1 radical (unpaired) electrons. The van der Waals surface area contributed by atoms with Crippen LogP contribution in [0.3, 0.4) is 0 Å². The molecule has 3 rings (SSSR count). The topological polar surface area (TPSA) is 17.1 Å². The van der Waals surface area contributed by atoms with Crippen LogP contribution in [0.15, 0.2) is 48.5 Å². The van der Waals surface area contributed by atoms with E-state index in [1.54, 1.807) is 0 Å². The van der Waals surface area contributed by atoms with Crippen molar-refractivity contribution in [1.29, 1.82) is 0 Å². The van der Waals surface area contributed by atoms with Gasteiger partial charge in [0.05, 0.1) is 0 Å². The van der Waals surface area contributed by atoms with E-state index in [9.17, 15) is 4.79 Å². The lowest BCUT2D eigenvalue weighted by Gasteiger charge is -2.03. The monoisotopic (exact) mass is 205 g/mol. The molecule has 1 nitrogen and oxygen atoms in total. The minimum absolute atomic E-state index is 0.697. The highest BCUT2D eigenvalue weighted by Gasteiger charge is 2.01. The maximum atomic E-state index is 10.9. The van der Waals surface area contributed by atoms with Gasteiger partial charge in [0.1, 0.15) is 0 Å². The number of benzene rings is 3. The lowest BCUT2D eigenvalue weighted by molar-refractivity contribution is 0.112. The normalized spacial score (nSPS) is 10.8. The fourth-order valence-corrected chi connectivity index (χ4v) is 1.99. The predicted molar refractivity (Wildman–Crippen MR) is 65.7 cm³/mol. The van der Waals surface area contributed by atoms with Crippen LogP contribution >= 0.6 is 0 Å². The molecule has 0 saturated heterocycles. The molecule has 0 aliphatic rings. The Kier molecular flexibility index (Phi) is 1.97. The second-order valence-electron chi connectivity index (χ2n) is 3.79. The molecule has 0 aromatic heterocycles. The van der Waals surface area contributed by atoms with Crippen molar-refractivity contribution in [3.05, 3.63) is 60.2 Å². The first-order chi connectivity index (χ1) is 7.88.